The van der Waals surface area contributed by atoms with Crippen LogP contribution in [0.2, 0.25) is 0 Å². The Morgan fingerprint density at radius 3 is 2.30 bits per heavy atom. The number of aromatic hydroxyl groups is 1. The summed E-state index contributed by atoms with van der Waals surface area (Å²) in [5.74, 6) is 1.81. The third-order valence-corrected chi connectivity index (χ3v) is 6.65. The van der Waals surface area contributed by atoms with Gasteiger partial charge in [-0.25, -0.2) is 14.4 Å². The Labute approximate surface area is 197 Å². The molecule has 0 amide bonds. The second-order valence-electron chi connectivity index (χ2n) is 6.98. The largest absolute Gasteiger partial charge is 0.504 e. The quantitative estimate of drug-likeness (QED) is 0.317. The number of ether oxygens (including phenoxy) is 4. The predicted molar refractivity (Wildman–Crippen MR) is 124 cm³/mol. The molecule has 0 atom stereocenters. The lowest BCUT2D eigenvalue weighted by molar-refractivity contribution is 0.0888. The van der Waals surface area contributed by atoms with Gasteiger partial charge in [0.15, 0.2) is 33.0 Å². The molecule has 0 aliphatic carbocycles. The highest BCUT2D eigenvalue weighted by Gasteiger charge is 2.17. The summed E-state index contributed by atoms with van der Waals surface area (Å²) < 4.78 is 33.3. The molecule has 0 unspecified atom stereocenters. The van der Waals surface area contributed by atoms with Crippen LogP contribution in [0.1, 0.15) is 0 Å². The fraction of sp³-hybridized carbons (Fsp3) is 0.217. The fourth-order valence-corrected chi connectivity index (χ4v) is 4.94. The van der Waals surface area contributed by atoms with E-state index in [0.717, 1.165) is 44.0 Å². The van der Waals surface area contributed by atoms with Gasteiger partial charge in [0.25, 0.3) is 0 Å². The second-order valence-corrected chi connectivity index (χ2v) is 8.69. The van der Waals surface area contributed by atoms with Gasteiger partial charge in [-0.15, -0.1) is 22.7 Å². The number of alkyl halides is 1. The molecule has 3 heterocycles. The number of phenols is 1. The molecular weight excluding hydrogens is 467 g/mol. The maximum absolute atomic E-state index is 12.0. The molecule has 0 radical (unpaired) electrons. The van der Waals surface area contributed by atoms with Crippen molar-refractivity contribution in [3.8, 4) is 55.5 Å². The summed E-state index contributed by atoms with van der Waals surface area (Å²) in [5, 5.41) is 15.8. The third kappa shape index (κ3) is 4.77. The van der Waals surface area contributed by atoms with E-state index in [4.69, 9.17) is 28.9 Å². The minimum atomic E-state index is -0.531. The normalized spacial score (nSPS) is 12.3. The molecule has 0 fully saturated rings. The van der Waals surface area contributed by atoms with Crippen molar-refractivity contribution in [3.05, 3.63) is 47.2 Å². The van der Waals surface area contributed by atoms with Crippen LogP contribution >= 0.6 is 22.7 Å². The number of hydrogen-bond donors (Lipinski definition) is 1. The Kier molecular flexibility index (Phi) is 6.38. The summed E-state index contributed by atoms with van der Waals surface area (Å²) in [7, 11) is 0. The molecular formula is C23H19FN2O5S2. The molecule has 10 heteroatoms. The summed E-state index contributed by atoms with van der Waals surface area (Å²) in [6, 6.07) is 10.9. The van der Waals surface area contributed by atoms with Crippen molar-refractivity contribution in [1.82, 2.24) is 9.97 Å². The van der Waals surface area contributed by atoms with E-state index in [2.05, 4.69) is 0 Å². The van der Waals surface area contributed by atoms with Gasteiger partial charge in [-0.3, -0.25) is 0 Å². The van der Waals surface area contributed by atoms with Gasteiger partial charge in [0.2, 0.25) is 6.79 Å². The van der Waals surface area contributed by atoms with Crippen molar-refractivity contribution in [1.29, 1.82) is 0 Å². The molecule has 4 aromatic rings. The van der Waals surface area contributed by atoms with E-state index < -0.39 is 6.67 Å². The minimum absolute atomic E-state index is 0.00637. The third-order valence-electron chi connectivity index (χ3n) is 4.82. The van der Waals surface area contributed by atoms with E-state index in [0.29, 0.717) is 5.75 Å². The molecule has 2 aromatic carbocycles. The van der Waals surface area contributed by atoms with Crippen LogP contribution in [0, 0.1) is 0 Å². The summed E-state index contributed by atoms with van der Waals surface area (Å²) >= 11 is 3.01. The first kappa shape index (κ1) is 21.6. The Balaban J connectivity index is 1.28. The Morgan fingerprint density at radius 2 is 1.58 bits per heavy atom. The van der Waals surface area contributed by atoms with Gasteiger partial charge >= 0.3 is 0 Å². The van der Waals surface area contributed by atoms with Gasteiger partial charge < -0.3 is 24.1 Å². The van der Waals surface area contributed by atoms with Gasteiger partial charge in [-0.05, 0) is 36.4 Å². The number of phenolic OH excluding ortho intramolecular Hbond substituents is 1. The minimum Gasteiger partial charge on any atom is -0.504 e. The summed E-state index contributed by atoms with van der Waals surface area (Å²) in [5.41, 5.74) is 3.31. The van der Waals surface area contributed by atoms with Gasteiger partial charge in [-0.1, -0.05) is 0 Å². The lowest BCUT2D eigenvalue weighted by atomic mass is 10.1. The van der Waals surface area contributed by atoms with Crippen LogP contribution in [-0.2, 0) is 4.74 Å². The summed E-state index contributed by atoms with van der Waals surface area (Å²) in [4.78, 5) is 9.43. The molecule has 5 rings (SSSR count). The average molecular weight is 487 g/mol. The molecule has 33 heavy (non-hydrogen) atoms. The van der Waals surface area contributed by atoms with Crippen molar-refractivity contribution in [3.63, 3.8) is 0 Å². The molecule has 1 N–H and O–H groups in total. The number of aromatic nitrogens is 2. The van der Waals surface area contributed by atoms with Gasteiger partial charge in [0, 0.05) is 21.9 Å². The van der Waals surface area contributed by atoms with E-state index in [1.165, 1.54) is 22.7 Å². The highest BCUT2D eigenvalue weighted by atomic mass is 32.1. The van der Waals surface area contributed by atoms with Crippen LogP contribution in [0.3, 0.4) is 0 Å². The number of nitrogens with zero attached hydrogens (tertiary/aromatic N) is 2. The van der Waals surface area contributed by atoms with Crippen molar-refractivity contribution in [2.45, 2.75) is 0 Å². The van der Waals surface area contributed by atoms with Crippen LogP contribution in [-0.4, -0.2) is 48.4 Å². The van der Waals surface area contributed by atoms with Gasteiger partial charge in [0.1, 0.15) is 13.3 Å². The van der Waals surface area contributed by atoms with Crippen molar-refractivity contribution in [2.24, 2.45) is 0 Å². The van der Waals surface area contributed by atoms with E-state index in [1.54, 1.807) is 12.1 Å². The van der Waals surface area contributed by atoms with Crippen molar-refractivity contribution >= 4 is 22.7 Å². The lowest BCUT2D eigenvalue weighted by Gasteiger charge is -2.09. The van der Waals surface area contributed by atoms with Crippen LogP contribution in [0.25, 0.3) is 32.5 Å². The van der Waals surface area contributed by atoms with E-state index in [-0.39, 0.29) is 32.4 Å². The number of rotatable bonds is 9. The Hall–Kier alpha value is -3.21. The fourth-order valence-electron chi connectivity index (χ4n) is 3.23. The molecule has 1 aliphatic heterocycles. The Morgan fingerprint density at radius 1 is 0.879 bits per heavy atom. The molecule has 0 spiro atoms. The zero-order valence-electron chi connectivity index (χ0n) is 17.3. The second kappa shape index (κ2) is 9.74. The average Bonchev–Trinajstić information content (AvgIpc) is 3.59. The van der Waals surface area contributed by atoms with Crippen LogP contribution in [0.4, 0.5) is 4.39 Å². The number of halogens is 1. The topological polar surface area (TPSA) is 82.9 Å². The zero-order chi connectivity index (χ0) is 22.6. The molecule has 2 aromatic heterocycles. The molecule has 0 saturated heterocycles. The molecule has 0 bridgehead atoms. The van der Waals surface area contributed by atoms with Crippen LogP contribution < -0.4 is 14.2 Å². The van der Waals surface area contributed by atoms with Crippen molar-refractivity contribution < 1.29 is 28.4 Å². The number of hydrogen-bond acceptors (Lipinski definition) is 9. The standard InChI is InChI=1S/C23H19FN2O5S2/c24-5-6-28-7-8-29-19-3-1-14(9-18(19)27)16-11-32-22(25-16)23-26-17(12-33-23)15-2-4-20-21(10-15)31-13-30-20/h1-4,9-12,27H,5-8,13H2. The maximum atomic E-state index is 12.0. The van der Waals surface area contributed by atoms with E-state index >= 15 is 0 Å². The SMILES string of the molecule is Oc1cc(-c2csc(-c3nc(-c4ccc5c(c4)OCO5)cs3)n2)ccc1OCCOCCF. The van der Waals surface area contributed by atoms with Gasteiger partial charge in [0.05, 0.1) is 24.6 Å². The first-order valence-corrected chi connectivity index (χ1v) is 11.9. The smallest absolute Gasteiger partial charge is 0.231 e. The van der Waals surface area contributed by atoms with Crippen LogP contribution in [0.5, 0.6) is 23.0 Å². The zero-order valence-corrected chi connectivity index (χ0v) is 19.0. The maximum Gasteiger partial charge on any atom is 0.231 e. The molecule has 7 nitrogen and oxygen atoms in total. The highest BCUT2D eigenvalue weighted by molar-refractivity contribution is 7.20. The number of benzene rings is 2. The molecule has 1 aliphatic rings. The highest BCUT2D eigenvalue weighted by Crippen LogP contribution is 2.39. The van der Waals surface area contributed by atoms with E-state index in [1.807, 2.05) is 35.0 Å². The Bertz CT molecular complexity index is 1260. The summed E-state index contributed by atoms with van der Waals surface area (Å²) in [6.07, 6.45) is 0. The predicted octanol–water partition coefficient (Wildman–Crippen LogP) is 5.40. The lowest BCUT2D eigenvalue weighted by Crippen LogP contribution is -2.08. The first-order chi connectivity index (χ1) is 16.2. The van der Waals surface area contributed by atoms with Gasteiger partial charge in [-0.2, -0.15) is 0 Å². The van der Waals surface area contributed by atoms with Crippen LogP contribution in [0.15, 0.2) is 47.2 Å². The summed E-state index contributed by atoms with van der Waals surface area (Å²) in [6.45, 7) is 0.223. The monoisotopic (exact) mass is 486 g/mol. The van der Waals surface area contributed by atoms with E-state index in [9.17, 15) is 9.50 Å². The number of thiazole rings is 2. The number of fused-ring (bicyclic) bond motifs is 1. The molecule has 0 saturated carbocycles. The van der Waals surface area contributed by atoms with Crippen molar-refractivity contribution in [2.75, 3.05) is 33.3 Å². The molecule has 170 valence electrons. The first-order valence-electron chi connectivity index (χ1n) is 10.1.